The monoisotopic (exact) mass is 541 g/mol. The number of likely N-dealkylation sites (N-methyl/N-ethyl adjacent to an activating group) is 1. The van der Waals surface area contributed by atoms with E-state index in [-0.39, 0.29) is 24.5 Å². The van der Waals surface area contributed by atoms with Gasteiger partial charge in [0.2, 0.25) is 5.91 Å². The molecule has 3 aromatic rings. The molecule has 0 atom stereocenters. The molecule has 1 amide bonds. The summed E-state index contributed by atoms with van der Waals surface area (Å²) in [6.07, 6.45) is -2.48. The summed E-state index contributed by atoms with van der Waals surface area (Å²) in [6.45, 7) is 2.23. The third-order valence-corrected chi connectivity index (χ3v) is 5.75. The number of benzene rings is 2. The number of ether oxygens (including phenoxy) is 2. The van der Waals surface area contributed by atoms with Crippen LogP contribution in [0.5, 0.6) is 17.2 Å². The lowest BCUT2D eigenvalue weighted by molar-refractivity contribution is -0.137. The molecule has 0 unspecified atom stereocenters. The third kappa shape index (κ3) is 8.44. The molecule has 0 radical (unpaired) electrons. The van der Waals surface area contributed by atoms with E-state index in [2.05, 4.69) is 20.6 Å². The van der Waals surface area contributed by atoms with Gasteiger partial charge in [-0.15, -0.1) is 0 Å². The first kappa shape index (κ1) is 27.9. The van der Waals surface area contributed by atoms with Crippen LogP contribution < -0.4 is 20.1 Å². The van der Waals surface area contributed by atoms with E-state index in [4.69, 9.17) is 9.47 Å². The zero-order chi connectivity index (χ0) is 27.8. The molecule has 0 fully saturated rings. The SMILES string of the molecule is CN(C)CCOc1cc(NC(=O)CCc2cccc(Oc3ccnc(C4=NCCN4)c3)c2)cc(C(F)(F)F)c1. The van der Waals surface area contributed by atoms with Gasteiger partial charge in [-0.05, 0) is 56.4 Å². The quantitative estimate of drug-likeness (QED) is 0.364. The number of nitrogens with zero attached hydrogens (tertiary/aromatic N) is 3. The molecule has 2 heterocycles. The number of carbonyl (C=O) groups excluding carboxylic acids is 1. The molecule has 8 nitrogen and oxygen atoms in total. The number of aryl methyl sites for hydroxylation is 1. The fourth-order valence-corrected chi connectivity index (χ4v) is 3.82. The molecule has 0 bridgehead atoms. The van der Waals surface area contributed by atoms with Gasteiger partial charge in [-0.3, -0.25) is 14.8 Å². The lowest BCUT2D eigenvalue weighted by Gasteiger charge is -2.15. The molecule has 1 aromatic heterocycles. The van der Waals surface area contributed by atoms with Gasteiger partial charge >= 0.3 is 6.18 Å². The molecule has 0 saturated carbocycles. The lowest BCUT2D eigenvalue weighted by Crippen LogP contribution is -2.20. The predicted octanol–water partition coefficient (Wildman–Crippen LogP) is 4.75. The van der Waals surface area contributed by atoms with E-state index in [1.165, 1.54) is 6.07 Å². The Bertz CT molecular complexity index is 1330. The van der Waals surface area contributed by atoms with Gasteiger partial charge < -0.3 is 25.0 Å². The number of aliphatic imine (C=N–C) groups is 1. The first-order valence-electron chi connectivity index (χ1n) is 12.5. The number of alkyl halides is 3. The van der Waals surface area contributed by atoms with Crippen molar-refractivity contribution in [3.63, 3.8) is 0 Å². The van der Waals surface area contributed by atoms with Crippen molar-refractivity contribution in [2.75, 3.05) is 45.7 Å². The van der Waals surface area contributed by atoms with Crippen molar-refractivity contribution < 1.29 is 27.4 Å². The number of rotatable bonds is 11. The predicted molar refractivity (Wildman–Crippen MR) is 143 cm³/mol. The van der Waals surface area contributed by atoms with Crippen LogP contribution in [-0.4, -0.2) is 62.0 Å². The van der Waals surface area contributed by atoms with Gasteiger partial charge in [0, 0.05) is 43.5 Å². The first-order chi connectivity index (χ1) is 18.7. The number of amidine groups is 1. The Morgan fingerprint density at radius 3 is 2.64 bits per heavy atom. The Morgan fingerprint density at radius 2 is 1.90 bits per heavy atom. The molecule has 11 heteroatoms. The summed E-state index contributed by atoms with van der Waals surface area (Å²) < 4.78 is 51.7. The summed E-state index contributed by atoms with van der Waals surface area (Å²) in [6, 6.07) is 14.1. The van der Waals surface area contributed by atoms with Gasteiger partial charge in [-0.25, -0.2) is 0 Å². The minimum Gasteiger partial charge on any atom is -0.492 e. The smallest absolute Gasteiger partial charge is 0.416 e. The fraction of sp³-hybridized carbons (Fsp3) is 0.321. The van der Waals surface area contributed by atoms with Crippen LogP contribution in [0.15, 0.2) is 65.8 Å². The summed E-state index contributed by atoms with van der Waals surface area (Å²) in [5, 5.41) is 5.74. The summed E-state index contributed by atoms with van der Waals surface area (Å²) in [5.74, 6) is 1.54. The van der Waals surface area contributed by atoms with E-state index in [1.54, 1.807) is 24.4 Å². The molecule has 206 valence electrons. The van der Waals surface area contributed by atoms with Gasteiger partial charge in [0.1, 0.15) is 35.4 Å². The number of halogens is 3. The van der Waals surface area contributed by atoms with Crippen molar-refractivity contribution in [3.8, 4) is 17.2 Å². The second kappa shape index (κ2) is 12.6. The normalized spacial score (nSPS) is 13.1. The van der Waals surface area contributed by atoms with Crippen LogP contribution in [0.4, 0.5) is 18.9 Å². The van der Waals surface area contributed by atoms with Gasteiger partial charge in [0.25, 0.3) is 0 Å². The summed E-state index contributed by atoms with van der Waals surface area (Å²) in [7, 11) is 3.67. The molecule has 2 aromatic carbocycles. The molecule has 2 N–H and O–H groups in total. The highest BCUT2D eigenvalue weighted by Crippen LogP contribution is 2.34. The lowest BCUT2D eigenvalue weighted by atomic mass is 10.1. The largest absolute Gasteiger partial charge is 0.492 e. The van der Waals surface area contributed by atoms with Crippen molar-refractivity contribution in [1.29, 1.82) is 0 Å². The van der Waals surface area contributed by atoms with Gasteiger partial charge in [-0.1, -0.05) is 12.1 Å². The topological polar surface area (TPSA) is 88.1 Å². The van der Waals surface area contributed by atoms with Crippen LogP contribution in [0.1, 0.15) is 23.2 Å². The Morgan fingerprint density at radius 1 is 1.08 bits per heavy atom. The average molecular weight is 542 g/mol. The van der Waals surface area contributed by atoms with Crippen LogP contribution in [0.25, 0.3) is 0 Å². The minimum atomic E-state index is -4.57. The summed E-state index contributed by atoms with van der Waals surface area (Å²) in [4.78, 5) is 23.1. The van der Waals surface area contributed by atoms with E-state index in [9.17, 15) is 18.0 Å². The highest BCUT2D eigenvalue weighted by atomic mass is 19.4. The summed E-state index contributed by atoms with van der Waals surface area (Å²) in [5.41, 5.74) is 0.677. The van der Waals surface area contributed by atoms with Crippen LogP contribution in [0, 0.1) is 0 Å². The van der Waals surface area contributed by atoms with E-state index in [0.29, 0.717) is 36.7 Å². The van der Waals surface area contributed by atoms with Crippen molar-refractivity contribution in [2.45, 2.75) is 19.0 Å². The molecule has 0 aliphatic carbocycles. The Kier molecular flexibility index (Phi) is 9.03. The number of aromatic nitrogens is 1. The summed E-state index contributed by atoms with van der Waals surface area (Å²) >= 11 is 0. The zero-order valence-electron chi connectivity index (χ0n) is 21.7. The number of hydrogen-bond acceptors (Lipinski definition) is 7. The molecule has 4 rings (SSSR count). The van der Waals surface area contributed by atoms with Gasteiger partial charge in [-0.2, -0.15) is 13.2 Å². The second-order valence-electron chi connectivity index (χ2n) is 9.23. The minimum absolute atomic E-state index is 0.0293. The number of nitrogens with one attached hydrogen (secondary N) is 2. The van der Waals surface area contributed by atoms with Crippen molar-refractivity contribution >= 4 is 17.4 Å². The Balaban J connectivity index is 1.36. The standard InChI is InChI=1S/C28H30F3N5O3/c1-36(2)12-13-38-24-16-20(28(29,30)31)15-21(17-24)35-26(37)7-6-19-4-3-5-22(14-19)39-23-8-9-32-25(18-23)27-33-10-11-34-27/h3-5,8-9,14-18H,6-7,10-13H2,1-2H3,(H,33,34)(H,35,37). The van der Waals surface area contributed by atoms with Crippen LogP contribution in [0.2, 0.25) is 0 Å². The number of pyridine rings is 1. The molecular formula is C28H30F3N5O3. The molecule has 0 saturated heterocycles. The highest BCUT2D eigenvalue weighted by Gasteiger charge is 2.31. The highest BCUT2D eigenvalue weighted by molar-refractivity contribution is 5.98. The molecule has 1 aliphatic rings. The fourth-order valence-electron chi connectivity index (χ4n) is 3.82. The number of amides is 1. The van der Waals surface area contributed by atoms with E-state index in [0.717, 1.165) is 30.1 Å². The van der Waals surface area contributed by atoms with Crippen LogP contribution >= 0.6 is 0 Å². The Labute approximate surface area is 224 Å². The molecular weight excluding hydrogens is 511 g/mol. The van der Waals surface area contributed by atoms with Crippen molar-refractivity contribution in [1.82, 2.24) is 15.2 Å². The first-order valence-corrected chi connectivity index (χ1v) is 12.5. The zero-order valence-corrected chi connectivity index (χ0v) is 21.7. The van der Waals surface area contributed by atoms with E-state index in [1.807, 2.05) is 37.2 Å². The second-order valence-corrected chi connectivity index (χ2v) is 9.23. The molecule has 39 heavy (non-hydrogen) atoms. The maximum atomic E-state index is 13.4. The maximum absolute atomic E-state index is 13.4. The van der Waals surface area contributed by atoms with Crippen molar-refractivity contribution in [2.24, 2.45) is 4.99 Å². The van der Waals surface area contributed by atoms with Crippen LogP contribution in [0.3, 0.4) is 0 Å². The number of carbonyl (C=O) groups is 1. The maximum Gasteiger partial charge on any atom is 0.416 e. The molecule has 0 spiro atoms. The van der Waals surface area contributed by atoms with E-state index >= 15 is 0 Å². The average Bonchev–Trinajstić information content (AvgIpc) is 3.42. The number of anilines is 1. The van der Waals surface area contributed by atoms with E-state index < -0.39 is 17.6 Å². The number of hydrogen-bond donors (Lipinski definition) is 2. The van der Waals surface area contributed by atoms with Crippen LogP contribution in [-0.2, 0) is 17.4 Å². The van der Waals surface area contributed by atoms with Gasteiger partial charge in [0.15, 0.2) is 0 Å². The molecule has 1 aliphatic heterocycles. The van der Waals surface area contributed by atoms with Crippen molar-refractivity contribution in [3.05, 3.63) is 77.6 Å². The third-order valence-electron chi connectivity index (χ3n) is 5.75. The van der Waals surface area contributed by atoms with Gasteiger partial charge in [0.05, 0.1) is 12.1 Å². The Hall–Kier alpha value is -4.12.